The zero-order valence-electron chi connectivity index (χ0n) is 8.90. The molecule has 1 heteroatoms. The smallest absolute Gasteiger partial charge is 0.293 e. The summed E-state index contributed by atoms with van der Waals surface area (Å²) >= 11 is 0. The summed E-state index contributed by atoms with van der Waals surface area (Å²) in [5, 5.41) is 2.66. The maximum Gasteiger partial charge on any atom is 2.00 e. The molecule has 0 atom stereocenters. The molecule has 74 valence electrons. The summed E-state index contributed by atoms with van der Waals surface area (Å²) in [6.45, 7) is 10.3. The van der Waals surface area contributed by atoms with Crippen LogP contribution < -0.4 is 0 Å². The van der Waals surface area contributed by atoms with Gasteiger partial charge in [-0.3, -0.25) is 6.58 Å². The first-order chi connectivity index (χ1) is 6.74. The second kappa shape index (κ2) is 7.48. The molecule has 2 aromatic rings. The summed E-state index contributed by atoms with van der Waals surface area (Å²) in [4.78, 5) is 0. The predicted molar refractivity (Wildman–Crippen MR) is 63.2 cm³/mol. The number of hydrogen-bond donors (Lipinski definition) is 0. The second-order valence-electron chi connectivity index (χ2n) is 3.17. The Bertz CT molecular complexity index is 393. The molecule has 0 aliphatic carbocycles. The van der Waals surface area contributed by atoms with Crippen molar-refractivity contribution in [2.45, 2.75) is 6.92 Å². The molecule has 0 saturated carbocycles. The number of allylic oxidation sites excluding steroid dienone is 2. The fourth-order valence-electron chi connectivity index (χ4n) is 1.07. The van der Waals surface area contributed by atoms with E-state index in [1.54, 1.807) is 0 Å². The quantitative estimate of drug-likeness (QED) is 0.542. The molecule has 0 nitrogen and oxygen atoms in total. The van der Waals surface area contributed by atoms with Crippen molar-refractivity contribution in [3.63, 3.8) is 0 Å². The third-order valence-corrected chi connectivity index (χ3v) is 1.83. The molecule has 15 heavy (non-hydrogen) atoms. The summed E-state index contributed by atoms with van der Waals surface area (Å²) < 4.78 is 0. The maximum absolute atomic E-state index is 4.95. The average molecular weight is 273 g/mol. The van der Waals surface area contributed by atoms with Crippen molar-refractivity contribution >= 4 is 10.8 Å². The Kier molecular flexibility index (Phi) is 7.08. The van der Waals surface area contributed by atoms with Crippen molar-refractivity contribution in [3.8, 4) is 0 Å². The predicted octanol–water partition coefficient (Wildman–Crippen LogP) is 4.11. The van der Waals surface area contributed by atoms with Gasteiger partial charge in [-0.2, -0.15) is 24.1 Å². The molecule has 0 bridgehead atoms. The number of rotatable bonds is 1. The van der Waals surface area contributed by atoms with Crippen LogP contribution in [-0.4, -0.2) is 0 Å². The van der Waals surface area contributed by atoms with Crippen LogP contribution in [0, 0.1) is 6.58 Å². The van der Waals surface area contributed by atoms with Crippen LogP contribution in [-0.2, 0) is 26.2 Å². The molecule has 2 aromatic carbocycles. The van der Waals surface area contributed by atoms with Crippen molar-refractivity contribution in [3.05, 3.63) is 67.3 Å². The Morgan fingerprint density at radius 3 is 2.47 bits per heavy atom. The van der Waals surface area contributed by atoms with E-state index in [1.165, 1.54) is 16.8 Å². The molecular formula is C14H14Zr. The first kappa shape index (κ1) is 14.2. The van der Waals surface area contributed by atoms with Crippen LogP contribution in [0.15, 0.2) is 60.7 Å². The third-order valence-electron chi connectivity index (χ3n) is 1.83. The zero-order chi connectivity index (χ0) is 10.4. The van der Waals surface area contributed by atoms with Gasteiger partial charge in [0.05, 0.1) is 0 Å². The molecule has 0 unspecified atom stereocenters. The van der Waals surface area contributed by atoms with Gasteiger partial charge in [0, 0.05) is 0 Å². The van der Waals surface area contributed by atoms with Gasteiger partial charge in [0.15, 0.2) is 0 Å². The minimum atomic E-state index is 0. The SMILES string of the molecule is [CH-]=CC(=C)C.[Zr+2].c1ccc2[cH-]ccc2c1. The van der Waals surface area contributed by atoms with Crippen molar-refractivity contribution in [2.24, 2.45) is 0 Å². The van der Waals surface area contributed by atoms with Crippen LogP contribution in [0.4, 0.5) is 0 Å². The molecule has 0 aromatic heterocycles. The van der Waals surface area contributed by atoms with Crippen LogP contribution >= 0.6 is 0 Å². The van der Waals surface area contributed by atoms with Gasteiger partial charge in [-0.15, -0.1) is 36.6 Å². The molecule has 0 aliphatic rings. The van der Waals surface area contributed by atoms with E-state index < -0.39 is 0 Å². The van der Waals surface area contributed by atoms with Gasteiger partial charge >= 0.3 is 26.2 Å². The Hall–Kier alpha value is -0.807. The largest absolute Gasteiger partial charge is 2.00 e. The number of fused-ring (bicyclic) bond motifs is 1. The van der Waals surface area contributed by atoms with Gasteiger partial charge in [-0.25, -0.2) is 11.6 Å². The monoisotopic (exact) mass is 272 g/mol. The maximum atomic E-state index is 4.95. The first-order valence-corrected chi connectivity index (χ1v) is 4.55. The van der Waals surface area contributed by atoms with E-state index in [0.717, 1.165) is 5.57 Å². The zero-order valence-corrected chi connectivity index (χ0v) is 11.4. The molecule has 0 radical (unpaired) electrons. The summed E-state index contributed by atoms with van der Waals surface area (Å²) in [5.41, 5.74) is 0.907. The molecule has 0 fully saturated rings. The van der Waals surface area contributed by atoms with E-state index in [9.17, 15) is 0 Å². The molecule has 0 spiro atoms. The van der Waals surface area contributed by atoms with E-state index in [0.29, 0.717) is 0 Å². The Balaban J connectivity index is 0.000000289. The van der Waals surface area contributed by atoms with E-state index in [2.05, 4.69) is 49.0 Å². The minimum Gasteiger partial charge on any atom is -0.293 e. The topological polar surface area (TPSA) is 0 Å². The minimum absolute atomic E-state index is 0. The standard InChI is InChI=1S/C9H7.C5H7.Zr/c1-2-5-9-7-3-6-8(9)4-1;1-4-5(2)3;/h1-7H;1,4H,2H2,3H3;/q2*-1;+2. The van der Waals surface area contributed by atoms with Crippen molar-refractivity contribution < 1.29 is 26.2 Å². The third kappa shape index (κ3) is 4.99. The van der Waals surface area contributed by atoms with Gasteiger partial charge in [-0.05, 0) is 0 Å². The fraction of sp³-hybridized carbons (Fsp3) is 0.0714. The van der Waals surface area contributed by atoms with Gasteiger partial charge < -0.3 is 0 Å². The molecule has 0 heterocycles. The molecule has 0 aliphatic heterocycles. The molecular weight excluding hydrogens is 259 g/mol. The van der Waals surface area contributed by atoms with E-state index in [4.69, 9.17) is 6.58 Å². The van der Waals surface area contributed by atoms with Crippen LogP contribution in [0.2, 0.25) is 0 Å². The first-order valence-electron chi connectivity index (χ1n) is 4.55. The van der Waals surface area contributed by atoms with Crippen LogP contribution in [0.5, 0.6) is 0 Å². The van der Waals surface area contributed by atoms with Crippen LogP contribution in [0.25, 0.3) is 10.8 Å². The normalized spacial score (nSPS) is 8.33. The Morgan fingerprint density at radius 1 is 1.33 bits per heavy atom. The number of benzene rings is 1. The summed E-state index contributed by atoms with van der Waals surface area (Å²) in [6.07, 6.45) is 1.47. The number of hydrogen-bond acceptors (Lipinski definition) is 0. The van der Waals surface area contributed by atoms with Gasteiger partial charge in [-0.1, -0.05) is 6.07 Å². The summed E-state index contributed by atoms with van der Waals surface area (Å²) in [7, 11) is 0. The van der Waals surface area contributed by atoms with E-state index in [-0.39, 0.29) is 26.2 Å². The molecule has 0 N–H and O–H groups in total. The van der Waals surface area contributed by atoms with Crippen LogP contribution in [0.3, 0.4) is 0 Å². The molecule has 0 saturated heterocycles. The van der Waals surface area contributed by atoms with E-state index in [1.807, 2.05) is 6.92 Å². The van der Waals surface area contributed by atoms with Crippen LogP contribution in [0.1, 0.15) is 6.92 Å². The Morgan fingerprint density at radius 2 is 1.93 bits per heavy atom. The van der Waals surface area contributed by atoms with Crippen molar-refractivity contribution in [1.82, 2.24) is 0 Å². The fourth-order valence-corrected chi connectivity index (χ4v) is 1.07. The summed E-state index contributed by atoms with van der Waals surface area (Å²) in [5.74, 6) is 0. The summed E-state index contributed by atoms with van der Waals surface area (Å²) in [6, 6.07) is 14.7. The average Bonchev–Trinajstić information content (AvgIpc) is 2.66. The van der Waals surface area contributed by atoms with Crippen molar-refractivity contribution in [1.29, 1.82) is 0 Å². The Labute approximate surface area is 111 Å². The van der Waals surface area contributed by atoms with Gasteiger partial charge in [0.25, 0.3) is 0 Å². The molecule has 0 amide bonds. The van der Waals surface area contributed by atoms with Gasteiger partial charge in [0.1, 0.15) is 0 Å². The van der Waals surface area contributed by atoms with Gasteiger partial charge in [0.2, 0.25) is 0 Å². The van der Waals surface area contributed by atoms with Crippen molar-refractivity contribution in [2.75, 3.05) is 0 Å². The van der Waals surface area contributed by atoms with E-state index >= 15 is 0 Å². The second-order valence-corrected chi connectivity index (χ2v) is 3.17. The molecule has 2 rings (SSSR count).